The summed E-state index contributed by atoms with van der Waals surface area (Å²) in [7, 11) is 0. The number of primary amides is 1. The summed E-state index contributed by atoms with van der Waals surface area (Å²) < 4.78 is 50.5. The predicted molar refractivity (Wildman–Crippen MR) is 57.2 cm³/mol. The van der Waals surface area contributed by atoms with Crippen molar-refractivity contribution in [3.05, 3.63) is 35.1 Å². The van der Waals surface area contributed by atoms with Crippen molar-refractivity contribution in [2.24, 2.45) is 5.73 Å². The average Bonchev–Trinajstić information content (AvgIpc) is 2.27. The van der Waals surface area contributed by atoms with E-state index in [9.17, 15) is 27.2 Å². The standard InChI is InChI=1S/C11H10F4N2O2/c1-5(17-10(19)9(16)18)7-3-2-6(4-8(7)12)11(13,14)15/h2-5H,1H3,(H2,16,18)(H,17,19)/t5-/m0/s1. The Morgan fingerprint density at radius 1 is 1.32 bits per heavy atom. The largest absolute Gasteiger partial charge is 0.416 e. The van der Waals surface area contributed by atoms with Gasteiger partial charge in [-0.1, -0.05) is 6.07 Å². The minimum atomic E-state index is -4.65. The topological polar surface area (TPSA) is 72.2 Å². The quantitative estimate of drug-likeness (QED) is 0.635. The zero-order valence-electron chi connectivity index (χ0n) is 9.72. The maximum Gasteiger partial charge on any atom is 0.416 e. The van der Waals surface area contributed by atoms with Crippen molar-refractivity contribution in [2.75, 3.05) is 0 Å². The van der Waals surface area contributed by atoms with Crippen LogP contribution in [0.15, 0.2) is 18.2 Å². The molecule has 1 atom stereocenters. The van der Waals surface area contributed by atoms with Gasteiger partial charge in [0.2, 0.25) is 0 Å². The third-order valence-electron chi connectivity index (χ3n) is 2.37. The molecule has 2 amide bonds. The van der Waals surface area contributed by atoms with E-state index in [0.29, 0.717) is 12.1 Å². The summed E-state index contributed by atoms with van der Waals surface area (Å²) >= 11 is 0. The molecule has 0 heterocycles. The molecule has 104 valence electrons. The van der Waals surface area contributed by atoms with Gasteiger partial charge in [-0.05, 0) is 19.1 Å². The minimum Gasteiger partial charge on any atom is -0.361 e. The summed E-state index contributed by atoms with van der Waals surface area (Å²) in [6.07, 6.45) is -4.65. The molecule has 0 aliphatic heterocycles. The van der Waals surface area contributed by atoms with Crippen LogP contribution in [0.25, 0.3) is 0 Å². The van der Waals surface area contributed by atoms with Gasteiger partial charge in [-0.3, -0.25) is 9.59 Å². The van der Waals surface area contributed by atoms with Gasteiger partial charge >= 0.3 is 18.0 Å². The fourth-order valence-corrected chi connectivity index (χ4v) is 1.40. The lowest BCUT2D eigenvalue weighted by molar-refractivity contribution is -0.138. The zero-order valence-corrected chi connectivity index (χ0v) is 9.72. The second kappa shape index (κ2) is 5.25. The number of carbonyl (C=O) groups is 2. The van der Waals surface area contributed by atoms with Gasteiger partial charge in [0.05, 0.1) is 11.6 Å². The van der Waals surface area contributed by atoms with Crippen LogP contribution >= 0.6 is 0 Å². The van der Waals surface area contributed by atoms with Crippen LogP contribution < -0.4 is 11.1 Å². The molecule has 0 aromatic heterocycles. The van der Waals surface area contributed by atoms with Crippen LogP contribution in [0.2, 0.25) is 0 Å². The second-order valence-corrected chi connectivity index (χ2v) is 3.79. The Morgan fingerprint density at radius 2 is 1.89 bits per heavy atom. The van der Waals surface area contributed by atoms with Gasteiger partial charge in [0.25, 0.3) is 0 Å². The van der Waals surface area contributed by atoms with Crippen LogP contribution in [0.3, 0.4) is 0 Å². The van der Waals surface area contributed by atoms with Crippen molar-refractivity contribution in [3.8, 4) is 0 Å². The number of halogens is 4. The van der Waals surface area contributed by atoms with Crippen molar-refractivity contribution >= 4 is 11.8 Å². The number of rotatable bonds is 2. The molecule has 19 heavy (non-hydrogen) atoms. The number of hydrogen-bond donors (Lipinski definition) is 2. The first-order valence-corrected chi connectivity index (χ1v) is 5.10. The van der Waals surface area contributed by atoms with E-state index in [0.717, 1.165) is 6.07 Å². The molecule has 0 aliphatic rings. The summed E-state index contributed by atoms with van der Waals surface area (Å²) in [5.41, 5.74) is 3.37. The van der Waals surface area contributed by atoms with Crippen LogP contribution in [0.5, 0.6) is 0 Å². The molecule has 1 aromatic rings. The Morgan fingerprint density at radius 3 is 2.32 bits per heavy atom. The van der Waals surface area contributed by atoms with E-state index < -0.39 is 35.4 Å². The minimum absolute atomic E-state index is 0.178. The van der Waals surface area contributed by atoms with Crippen LogP contribution in [0.1, 0.15) is 24.1 Å². The van der Waals surface area contributed by atoms with E-state index in [1.807, 2.05) is 0 Å². The van der Waals surface area contributed by atoms with E-state index in [-0.39, 0.29) is 5.56 Å². The lowest BCUT2D eigenvalue weighted by Crippen LogP contribution is -2.37. The maximum absolute atomic E-state index is 13.5. The van der Waals surface area contributed by atoms with Gasteiger partial charge in [0, 0.05) is 5.56 Å². The number of nitrogens with two attached hydrogens (primary N) is 1. The highest BCUT2D eigenvalue weighted by Gasteiger charge is 2.31. The smallest absolute Gasteiger partial charge is 0.361 e. The first-order valence-electron chi connectivity index (χ1n) is 5.10. The molecule has 0 bridgehead atoms. The monoisotopic (exact) mass is 278 g/mol. The lowest BCUT2D eigenvalue weighted by atomic mass is 10.0. The van der Waals surface area contributed by atoms with Crippen molar-refractivity contribution in [1.82, 2.24) is 5.32 Å². The van der Waals surface area contributed by atoms with Crippen LogP contribution in [-0.4, -0.2) is 11.8 Å². The highest BCUT2D eigenvalue weighted by molar-refractivity contribution is 6.34. The molecular formula is C11H10F4N2O2. The molecule has 1 rings (SSSR count). The SMILES string of the molecule is C[C@H](NC(=O)C(N)=O)c1ccc(C(F)(F)F)cc1F. The lowest BCUT2D eigenvalue weighted by Gasteiger charge is -2.15. The molecule has 0 fully saturated rings. The Labute approximate surface area is 105 Å². The average molecular weight is 278 g/mol. The predicted octanol–water partition coefficient (Wildman–Crippen LogP) is 1.51. The fraction of sp³-hybridized carbons (Fsp3) is 0.273. The summed E-state index contributed by atoms with van der Waals surface area (Å²) in [5, 5.41) is 2.06. The molecule has 0 saturated heterocycles. The van der Waals surface area contributed by atoms with E-state index in [1.165, 1.54) is 6.92 Å². The Hall–Kier alpha value is -2.12. The molecule has 1 aromatic carbocycles. The number of amides is 2. The van der Waals surface area contributed by atoms with E-state index in [4.69, 9.17) is 0 Å². The van der Waals surface area contributed by atoms with Crippen molar-refractivity contribution < 1.29 is 27.2 Å². The third kappa shape index (κ3) is 3.67. The van der Waals surface area contributed by atoms with Crippen LogP contribution in [0, 0.1) is 5.82 Å². The van der Waals surface area contributed by atoms with Crippen molar-refractivity contribution in [2.45, 2.75) is 19.1 Å². The van der Waals surface area contributed by atoms with Gasteiger partial charge in [0.15, 0.2) is 0 Å². The van der Waals surface area contributed by atoms with Gasteiger partial charge in [-0.25, -0.2) is 4.39 Å². The molecule has 0 radical (unpaired) electrons. The maximum atomic E-state index is 13.5. The number of nitrogens with one attached hydrogen (secondary N) is 1. The summed E-state index contributed by atoms with van der Waals surface area (Å²) in [4.78, 5) is 21.5. The van der Waals surface area contributed by atoms with Gasteiger partial charge in [-0.2, -0.15) is 13.2 Å². The summed E-state index contributed by atoms with van der Waals surface area (Å²) in [5.74, 6) is -3.54. The number of carbonyl (C=O) groups excluding carboxylic acids is 2. The molecule has 0 spiro atoms. The van der Waals surface area contributed by atoms with Gasteiger partial charge in [0.1, 0.15) is 5.82 Å². The Balaban J connectivity index is 2.97. The van der Waals surface area contributed by atoms with Gasteiger partial charge < -0.3 is 11.1 Å². The molecule has 0 saturated carbocycles. The van der Waals surface area contributed by atoms with E-state index >= 15 is 0 Å². The first-order chi connectivity index (χ1) is 8.62. The highest BCUT2D eigenvalue weighted by Crippen LogP contribution is 2.31. The fourth-order valence-electron chi connectivity index (χ4n) is 1.40. The van der Waals surface area contributed by atoms with Crippen molar-refractivity contribution in [3.63, 3.8) is 0 Å². The molecule has 8 heteroatoms. The molecular weight excluding hydrogens is 268 g/mol. The third-order valence-corrected chi connectivity index (χ3v) is 2.37. The summed E-state index contributed by atoms with van der Waals surface area (Å²) in [6, 6.07) is 0.916. The van der Waals surface area contributed by atoms with Crippen LogP contribution in [0.4, 0.5) is 17.6 Å². The molecule has 3 N–H and O–H groups in total. The number of alkyl halides is 3. The second-order valence-electron chi connectivity index (χ2n) is 3.79. The number of benzene rings is 1. The Kier molecular flexibility index (Phi) is 4.13. The zero-order chi connectivity index (χ0) is 14.8. The van der Waals surface area contributed by atoms with E-state index in [2.05, 4.69) is 11.1 Å². The first kappa shape index (κ1) is 14.9. The van der Waals surface area contributed by atoms with Gasteiger partial charge in [-0.15, -0.1) is 0 Å². The summed E-state index contributed by atoms with van der Waals surface area (Å²) in [6.45, 7) is 1.31. The molecule has 4 nitrogen and oxygen atoms in total. The molecule has 0 unspecified atom stereocenters. The van der Waals surface area contributed by atoms with E-state index in [1.54, 1.807) is 0 Å². The highest BCUT2D eigenvalue weighted by atomic mass is 19.4. The van der Waals surface area contributed by atoms with Crippen molar-refractivity contribution in [1.29, 1.82) is 0 Å². The Bertz CT molecular complexity index is 514. The van der Waals surface area contributed by atoms with Crippen LogP contribution in [-0.2, 0) is 15.8 Å². The number of hydrogen-bond acceptors (Lipinski definition) is 2. The normalized spacial score (nSPS) is 12.9. The molecule has 0 aliphatic carbocycles.